The Bertz CT molecular complexity index is 892. The molecule has 3 heteroatoms. The van der Waals surface area contributed by atoms with E-state index in [0.717, 1.165) is 4.34 Å². The summed E-state index contributed by atoms with van der Waals surface area (Å²) in [5, 5.41) is 0. The maximum atomic E-state index is 6.09. The molecule has 0 spiro atoms. The molecule has 0 bridgehead atoms. The van der Waals surface area contributed by atoms with Gasteiger partial charge in [-0.2, -0.15) is 0 Å². The largest absolute Gasteiger partial charge is 0.123 e. The van der Waals surface area contributed by atoms with Gasteiger partial charge in [0.15, 0.2) is 0 Å². The molecular formula is C19H14ClIS. The minimum Gasteiger partial charge on any atom is -0.123 e. The normalized spacial score (nSPS) is 14.7. The van der Waals surface area contributed by atoms with E-state index in [4.69, 9.17) is 11.6 Å². The van der Waals surface area contributed by atoms with Crippen molar-refractivity contribution < 1.29 is 0 Å². The minimum atomic E-state index is 0.0446. The van der Waals surface area contributed by atoms with Gasteiger partial charge in [0.05, 0.1) is 4.34 Å². The van der Waals surface area contributed by atoms with Crippen LogP contribution in [0.25, 0.3) is 21.6 Å². The van der Waals surface area contributed by atoms with Gasteiger partial charge in [0.1, 0.15) is 0 Å². The highest BCUT2D eigenvalue weighted by atomic mass is 127. The number of thiophene rings is 1. The minimum absolute atomic E-state index is 0.0446. The first-order chi connectivity index (χ1) is 10.5. The number of hydrogen-bond acceptors (Lipinski definition) is 1. The molecule has 0 saturated carbocycles. The Morgan fingerprint density at radius 3 is 2.27 bits per heavy atom. The van der Waals surface area contributed by atoms with Gasteiger partial charge in [-0.15, -0.1) is 11.3 Å². The lowest BCUT2D eigenvalue weighted by atomic mass is 9.82. The molecule has 1 aliphatic rings. The Balaban J connectivity index is 1.93. The van der Waals surface area contributed by atoms with Crippen molar-refractivity contribution in [3.63, 3.8) is 0 Å². The summed E-state index contributed by atoms with van der Waals surface area (Å²) in [7, 11) is 0. The highest BCUT2D eigenvalue weighted by molar-refractivity contribution is 14.1. The highest BCUT2D eigenvalue weighted by Gasteiger charge is 2.35. The third-order valence-corrected chi connectivity index (χ3v) is 6.45. The SMILES string of the molecule is CC1(C)c2cc(I)ccc2-c2ccc(-c3ccc(Cl)s3)cc21. The molecule has 0 radical (unpaired) electrons. The van der Waals surface area contributed by atoms with Crippen molar-refractivity contribution in [2.45, 2.75) is 19.3 Å². The van der Waals surface area contributed by atoms with Gasteiger partial charge in [-0.05, 0) is 80.7 Å². The highest BCUT2D eigenvalue weighted by Crippen LogP contribution is 2.50. The van der Waals surface area contributed by atoms with E-state index in [1.807, 2.05) is 6.07 Å². The summed E-state index contributed by atoms with van der Waals surface area (Å²) in [5.41, 5.74) is 6.87. The molecule has 0 amide bonds. The molecular weight excluding hydrogens is 423 g/mol. The van der Waals surface area contributed by atoms with E-state index in [0.29, 0.717) is 0 Å². The summed E-state index contributed by atoms with van der Waals surface area (Å²) in [4.78, 5) is 1.23. The van der Waals surface area contributed by atoms with Crippen LogP contribution in [-0.4, -0.2) is 0 Å². The predicted octanol–water partition coefficient (Wildman–Crippen LogP) is 6.98. The van der Waals surface area contributed by atoms with E-state index >= 15 is 0 Å². The van der Waals surface area contributed by atoms with E-state index in [1.54, 1.807) is 11.3 Å². The maximum Gasteiger partial charge on any atom is 0.0934 e. The molecule has 3 aromatic rings. The van der Waals surface area contributed by atoms with Crippen LogP contribution in [0.2, 0.25) is 4.34 Å². The second-order valence-electron chi connectivity index (χ2n) is 6.18. The third-order valence-electron chi connectivity index (χ3n) is 4.50. The van der Waals surface area contributed by atoms with E-state index < -0.39 is 0 Å². The van der Waals surface area contributed by atoms with Crippen molar-refractivity contribution in [3.05, 3.63) is 67.6 Å². The lowest BCUT2D eigenvalue weighted by molar-refractivity contribution is 0.660. The summed E-state index contributed by atoms with van der Waals surface area (Å²) < 4.78 is 2.13. The van der Waals surface area contributed by atoms with Crippen molar-refractivity contribution in [1.29, 1.82) is 0 Å². The average Bonchev–Trinajstić information content (AvgIpc) is 3.01. The summed E-state index contributed by atoms with van der Waals surface area (Å²) in [6, 6.07) is 17.7. The predicted molar refractivity (Wildman–Crippen MR) is 105 cm³/mol. The molecule has 0 fully saturated rings. The first kappa shape index (κ1) is 14.7. The zero-order chi connectivity index (χ0) is 15.5. The molecule has 0 aliphatic heterocycles. The topological polar surface area (TPSA) is 0 Å². The molecule has 1 aromatic heterocycles. The van der Waals surface area contributed by atoms with E-state index in [-0.39, 0.29) is 5.41 Å². The van der Waals surface area contributed by atoms with E-state index in [2.05, 4.69) is 78.9 Å². The lowest BCUT2D eigenvalue weighted by Crippen LogP contribution is -2.15. The Morgan fingerprint density at radius 2 is 1.59 bits per heavy atom. The Kier molecular flexibility index (Phi) is 3.40. The van der Waals surface area contributed by atoms with Gasteiger partial charge in [-0.1, -0.05) is 43.6 Å². The van der Waals surface area contributed by atoms with Crippen LogP contribution in [-0.2, 0) is 5.41 Å². The Hall–Kier alpha value is -0.840. The Morgan fingerprint density at radius 1 is 0.909 bits per heavy atom. The van der Waals surface area contributed by atoms with Crippen LogP contribution in [0.1, 0.15) is 25.0 Å². The summed E-state index contributed by atoms with van der Waals surface area (Å²) in [5.74, 6) is 0. The number of halogens is 2. The molecule has 4 rings (SSSR count). The molecule has 0 nitrogen and oxygen atoms in total. The molecule has 110 valence electrons. The van der Waals surface area contributed by atoms with Crippen LogP contribution in [0.5, 0.6) is 0 Å². The van der Waals surface area contributed by atoms with E-state index in [1.165, 1.54) is 36.3 Å². The molecule has 0 atom stereocenters. The van der Waals surface area contributed by atoms with Gasteiger partial charge < -0.3 is 0 Å². The molecule has 22 heavy (non-hydrogen) atoms. The van der Waals surface area contributed by atoms with Crippen LogP contribution >= 0.6 is 45.5 Å². The maximum absolute atomic E-state index is 6.09. The van der Waals surface area contributed by atoms with Crippen molar-refractivity contribution in [2.75, 3.05) is 0 Å². The smallest absolute Gasteiger partial charge is 0.0934 e. The molecule has 0 N–H and O–H groups in total. The van der Waals surface area contributed by atoms with Crippen LogP contribution in [0.3, 0.4) is 0 Å². The van der Waals surface area contributed by atoms with Gasteiger partial charge in [-0.3, -0.25) is 0 Å². The second-order valence-corrected chi connectivity index (χ2v) is 9.14. The number of benzene rings is 2. The zero-order valence-corrected chi connectivity index (χ0v) is 16.0. The second kappa shape index (κ2) is 5.08. The number of rotatable bonds is 1. The quantitative estimate of drug-likeness (QED) is 0.361. The summed E-state index contributed by atoms with van der Waals surface area (Å²) >= 11 is 10.1. The van der Waals surface area contributed by atoms with Crippen LogP contribution in [0, 0.1) is 3.57 Å². The number of fused-ring (bicyclic) bond motifs is 3. The van der Waals surface area contributed by atoms with Crippen molar-refractivity contribution in [2.24, 2.45) is 0 Å². The standard InChI is InChI=1S/C19H14ClIS/c1-19(2)15-9-11(17-7-8-18(20)22-17)3-5-13(15)14-6-4-12(21)10-16(14)19/h3-10H,1-2H3. The summed E-state index contributed by atoms with van der Waals surface area (Å²) in [6.45, 7) is 4.64. The number of hydrogen-bond donors (Lipinski definition) is 0. The van der Waals surface area contributed by atoms with Gasteiger partial charge in [0.2, 0.25) is 0 Å². The van der Waals surface area contributed by atoms with Crippen molar-refractivity contribution in [3.8, 4) is 21.6 Å². The lowest BCUT2D eigenvalue weighted by Gasteiger charge is -2.22. The third kappa shape index (κ3) is 2.15. The molecule has 2 aromatic carbocycles. The first-order valence-corrected chi connectivity index (χ1v) is 9.45. The fourth-order valence-corrected chi connectivity index (χ4v) is 4.86. The average molecular weight is 437 g/mol. The van der Waals surface area contributed by atoms with E-state index in [9.17, 15) is 0 Å². The molecule has 0 unspecified atom stereocenters. The fraction of sp³-hybridized carbons (Fsp3) is 0.158. The first-order valence-electron chi connectivity index (χ1n) is 7.17. The van der Waals surface area contributed by atoms with Crippen molar-refractivity contribution in [1.82, 2.24) is 0 Å². The van der Waals surface area contributed by atoms with Gasteiger partial charge in [0.25, 0.3) is 0 Å². The Labute approximate surface area is 153 Å². The van der Waals surface area contributed by atoms with Gasteiger partial charge in [0, 0.05) is 13.9 Å². The van der Waals surface area contributed by atoms with Crippen LogP contribution in [0.15, 0.2) is 48.5 Å². The van der Waals surface area contributed by atoms with Crippen LogP contribution in [0.4, 0.5) is 0 Å². The fourth-order valence-electron chi connectivity index (χ4n) is 3.33. The monoisotopic (exact) mass is 436 g/mol. The van der Waals surface area contributed by atoms with Gasteiger partial charge in [-0.25, -0.2) is 0 Å². The van der Waals surface area contributed by atoms with Crippen molar-refractivity contribution >= 4 is 45.5 Å². The summed E-state index contributed by atoms with van der Waals surface area (Å²) in [6.07, 6.45) is 0. The molecule has 0 saturated heterocycles. The zero-order valence-electron chi connectivity index (χ0n) is 12.3. The van der Waals surface area contributed by atoms with Gasteiger partial charge >= 0.3 is 0 Å². The molecule has 1 heterocycles. The molecule has 1 aliphatic carbocycles. The van der Waals surface area contributed by atoms with Crippen LogP contribution < -0.4 is 0 Å².